The van der Waals surface area contributed by atoms with Crippen molar-refractivity contribution in [1.82, 2.24) is 25.1 Å². The molecular formula is C17H23N5O2S. The van der Waals surface area contributed by atoms with E-state index >= 15 is 0 Å². The van der Waals surface area contributed by atoms with E-state index in [1.807, 2.05) is 37.8 Å². The molecule has 8 heteroatoms. The van der Waals surface area contributed by atoms with Crippen LogP contribution in [0.2, 0.25) is 0 Å². The summed E-state index contributed by atoms with van der Waals surface area (Å²) in [6.45, 7) is 9.34. The third kappa shape index (κ3) is 4.01. The number of aryl methyl sites for hydroxylation is 1. The molecule has 1 amide bonds. The highest BCUT2D eigenvalue weighted by atomic mass is 32.2. The molecular weight excluding hydrogens is 338 g/mol. The molecule has 1 aromatic carbocycles. The molecule has 0 spiro atoms. The van der Waals surface area contributed by atoms with Crippen LogP contribution in [0, 0.1) is 13.8 Å². The third-order valence-electron chi connectivity index (χ3n) is 4.34. The van der Waals surface area contributed by atoms with Gasteiger partial charge in [-0.3, -0.25) is 4.79 Å². The fourth-order valence-corrected chi connectivity index (χ4v) is 3.77. The number of carbonyl (C=O) groups excluding carboxylic acids is 1. The maximum absolute atomic E-state index is 12.5. The summed E-state index contributed by atoms with van der Waals surface area (Å²) >= 11 is 1.36. The van der Waals surface area contributed by atoms with Gasteiger partial charge in [0, 0.05) is 13.1 Å². The van der Waals surface area contributed by atoms with Crippen molar-refractivity contribution in [2.75, 3.05) is 18.8 Å². The normalized spacial score (nSPS) is 20.7. The molecule has 3 rings (SSSR count). The molecule has 134 valence electrons. The number of hydrogen-bond acceptors (Lipinski definition) is 6. The van der Waals surface area contributed by atoms with Crippen molar-refractivity contribution in [2.45, 2.75) is 45.1 Å². The summed E-state index contributed by atoms with van der Waals surface area (Å²) in [4.78, 5) is 14.4. The lowest BCUT2D eigenvalue weighted by atomic mass is 10.1. The third-order valence-corrected chi connectivity index (χ3v) is 5.25. The SMILES string of the molecule is Cc1cccc(-n2nnnc2SCC(=O)N2CC(C)OC(C)C2)c1C. The number of morpholine rings is 1. The van der Waals surface area contributed by atoms with Crippen molar-refractivity contribution >= 4 is 17.7 Å². The molecule has 2 unspecified atom stereocenters. The average molecular weight is 361 g/mol. The first kappa shape index (κ1) is 17.9. The standard InChI is InChI=1S/C17H23N5O2S/c1-11-6-5-7-15(14(11)4)22-17(18-19-20-22)25-10-16(23)21-8-12(2)24-13(3)9-21/h5-7,12-13H,8-10H2,1-4H3. The first-order chi connectivity index (χ1) is 12.0. The number of nitrogens with zero attached hydrogens (tertiary/aromatic N) is 5. The molecule has 25 heavy (non-hydrogen) atoms. The van der Waals surface area contributed by atoms with Gasteiger partial charge in [0.25, 0.3) is 0 Å². The van der Waals surface area contributed by atoms with Crippen LogP contribution in [0.4, 0.5) is 0 Å². The van der Waals surface area contributed by atoms with Crippen molar-refractivity contribution in [2.24, 2.45) is 0 Å². The maximum Gasteiger partial charge on any atom is 0.233 e. The van der Waals surface area contributed by atoms with E-state index in [0.717, 1.165) is 11.3 Å². The molecule has 7 nitrogen and oxygen atoms in total. The second-order valence-corrected chi connectivity index (χ2v) is 7.38. The highest BCUT2D eigenvalue weighted by molar-refractivity contribution is 7.99. The van der Waals surface area contributed by atoms with E-state index in [2.05, 4.69) is 28.5 Å². The van der Waals surface area contributed by atoms with Gasteiger partial charge in [-0.15, -0.1) is 5.10 Å². The molecule has 0 saturated carbocycles. The molecule has 0 N–H and O–H groups in total. The molecule has 2 atom stereocenters. The maximum atomic E-state index is 12.5. The van der Waals surface area contributed by atoms with Crippen LogP contribution in [-0.4, -0.2) is 62.1 Å². The van der Waals surface area contributed by atoms with Crippen molar-refractivity contribution in [1.29, 1.82) is 0 Å². The van der Waals surface area contributed by atoms with Crippen LogP contribution in [0.15, 0.2) is 23.4 Å². The molecule has 1 saturated heterocycles. The highest BCUT2D eigenvalue weighted by Gasteiger charge is 2.26. The molecule has 1 aliphatic heterocycles. The van der Waals surface area contributed by atoms with Crippen LogP contribution in [0.25, 0.3) is 5.69 Å². The monoisotopic (exact) mass is 361 g/mol. The number of rotatable bonds is 4. The summed E-state index contributed by atoms with van der Waals surface area (Å²) in [7, 11) is 0. The summed E-state index contributed by atoms with van der Waals surface area (Å²) in [5, 5.41) is 12.6. The van der Waals surface area contributed by atoms with Crippen molar-refractivity contribution in [3.63, 3.8) is 0 Å². The second-order valence-electron chi connectivity index (χ2n) is 6.44. The van der Waals surface area contributed by atoms with Gasteiger partial charge < -0.3 is 9.64 Å². The van der Waals surface area contributed by atoms with E-state index in [1.54, 1.807) is 4.68 Å². The molecule has 2 heterocycles. The summed E-state index contributed by atoms with van der Waals surface area (Å²) < 4.78 is 7.38. The predicted octanol–water partition coefficient (Wildman–Crippen LogP) is 2.01. The molecule has 0 radical (unpaired) electrons. The lowest BCUT2D eigenvalue weighted by Crippen LogP contribution is -2.48. The molecule has 1 aliphatic rings. The Morgan fingerprint density at radius 1 is 1.28 bits per heavy atom. The Hall–Kier alpha value is -1.93. The summed E-state index contributed by atoms with van der Waals surface area (Å²) in [5.74, 6) is 0.396. The number of aromatic nitrogens is 4. The van der Waals surface area contributed by atoms with Gasteiger partial charge in [0.2, 0.25) is 11.1 Å². The van der Waals surface area contributed by atoms with Gasteiger partial charge >= 0.3 is 0 Å². The lowest BCUT2D eigenvalue weighted by molar-refractivity contribution is -0.140. The van der Waals surface area contributed by atoms with Gasteiger partial charge in [-0.2, -0.15) is 4.68 Å². The Bertz CT molecular complexity index is 753. The van der Waals surface area contributed by atoms with Gasteiger partial charge in [0.05, 0.1) is 23.6 Å². The van der Waals surface area contributed by atoms with E-state index in [9.17, 15) is 4.79 Å². The van der Waals surface area contributed by atoms with Crippen molar-refractivity contribution in [3.8, 4) is 5.69 Å². The molecule has 0 bridgehead atoms. The Balaban J connectivity index is 1.70. The zero-order valence-electron chi connectivity index (χ0n) is 15.0. The number of benzene rings is 1. The largest absolute Gasteiger partial charge is 0.372 e. The number of carbonyl (C=O) groups is 1. The number of hydrogen-bond donors (Lipinski definition) is 0. The Labute approximate surface area is 151 Å². The fourth-order valence-electron chi connectivity index (χ4n) is 2.98. The Morgan fingerprint density at radius 2 is 2.00 bits per heavy atom. The predicted molar refractivity (Wildman–Crippen MR) is 95.9 cm³/mol. The van der Waals surface area contributed by atoms with Gasteiger partial charge in [0.1, 0.15) is 0 Å². The van der Waals surface area contributed by atoms with Crippen LogP contribution in [0.3, 0.4) is 0 Å². The van der Waals surface area contributed by atoms with E-state index in [0.29, 0.717) is 24.0 Å². The molecule has 2 aromatic rings. The van der Waals surface area contributed by atoms with Gasteiger partial charge in [-0.05, 0) is 55.3 Å². The number of amides is 1. The topological polar surface area (TPSA) is 73.1 Å². The number of thioether (sulfide) groups is 1. The van der Waals surface area contributed by atoms with E-state index < -0.39 is 0 Å². The minimum absolute atomic E-state index is 0.0676. The highest BCUT2D eigenvalue weighted by Crippen LogP contribution is 2.23. The Kier molecular flexibility index (Phi) is 5.39. The number of tetrazole rings is 1. The zero-order valence-corrected chi connectivity index (χ0v) is 15.8. The zero-order chi connectivity index (χ0) is 18.0. The molecule has 1 aromatic heterocycles. The molecule has 0 aliphatic carbocycles. The summed E-state index contributed by atoms with van der Waals surface area (Å²) in [6.07, 6.45) is 0.135. The van der Waals surface area contributed by atoms with E-state index in [1.165, 1.54) is 17.3 Å². The van der Waals surface area contributed by atoms with Gasteiger partial charge in [0.15, 0.2) is 0 Å². The van der Waals surface area contributed by atoms with Crippen LogP contribution >= 0.6 is 11.8 Å². The first-order valence-corrected chi connectivity index (χ1v) is 9.35. The van der Waals surface area contributed by atoms with Crippen molar-refractivity contribution < 1.29 is 9.53 Å². The fraction of sp³-hybridized carbons (Fsp3) is 0.529. The summed E-state index contributed by atoms with van der Waals surface area (Å²) in [5.41, 5.74) is 3.24. The number of ether oxygens (including phenoxy) is 1. The summed E-state index contributed by atoms with van der Waals surface area (Å²) in [6, 6.07) is 6.02. The van der Waals surface area contributed by atoms with Crippen molar-refractivity contribution in [3.05, 3.63) is 29.3 Å². The van der Waals surface area contributed by atoms with Gasteiger partial charge in [-0.1, -0.05) is 23.9 Å². The minimum Gasteiger partial charge on any atom is -0.372 e. The first-order valence-electron chi connectivity index (χ1n) is 8.36. The van der Waals surface area contributed by atoms with E-state index in [-0.39, 0.29) is 18.1 Å². The lowest BCUT2D eigenvalue weighted by Gasteiger charge is -2.35. The molecule has 1 fully saturated rings. The van der Waals surface area contributed by atoms with Gasteiger partial charge in [-0.25, -0.2) is 0 Å². The Morgan fingerprint density at radius 3 is 2.72 bits per heavy atom. The van der Waals surface area contributed by atoms with Crippen LogP contribution in [0.5, 0.6) is 0 Å². The van der Waals surface area contributed by atoms with Crippen LogP contribution in [-0.2, 0) is 9.53 Å². The smallest absolute Gasteiger partial charge is 0.233 e. The van der Waals surface area contributed by atoms with E-state index in [4.69, 9.17) is 4.74 Å². The average Bonchev–Trinajstić information content (AvgIpc) is 3.02. The quantitative estimate of drug-likeness (QED) is 0.776. The van der Waals surface area contributed by atoms with Crippen LogP contribution < -0.4 is 0 Å². The van der Waals surface area contributed by atoms with Crippen LogP contribution in [0.1, 0.15) is 25.0 Å². The minimum atomic E-state index is 0.0676. The second kappa shape index (κ2) is 7.53.